The smallest absolute Gasteiger partial charge is 0.137 e. The van der Waals surface area contributed by atoms with Gasteiger partial charge in [-0.1, -0.05) is 24.3 Å². The summed E-state index contributed by atoms with van der Waals surface area (Å²) in [5.41, 5.74) is 3.08. The highest BCUT2D eigenvalue weighted by Crippen LogP contribution is 2.32. The summed E-state index contributed by atoms with van der Waals surface area (Å²) in [6, 6.07) is 12.6. The van der Waals surface area contributed by atoms with Crippen LogP contribution >= 0.6 is 0 Å². The van der Waals surface area contributed by atoms with Gasteiger partial charge in [-0.15, -0.1) is 0 Å². The lowest BCUT2D eigenvalue weighted by molar-refractivity contribution is 0.590. The number of hydrogen-bond donors (Lipinski definition) is 2. The van der Waals surface area contributed by atoms with Crippen LogP contribution in [-0.4, -0.2) is 22.1 Å². The van der Waals surface area contributed by atoms with Crippen molar-refractivity contribution >= 4 is 16.7 Å². The van der Waals surface area contributed by atoms with E-state index in [1.165, 1.54) is 25.7 Å². The molecule has 5 rings (SSSR count). The molecule has 0 atom stereocenters. The molecule has 2 aromatic carbocycles. The molecule has 2 saturated carbocycles. The van der Waals surface area contributed by atoms with Gasteiger partial charge in [-0.25, -0.2) is 14.4 Å². The summed E-state index contributed by atoms with van der Waals surface area (Å²) in [5.74, 6) is 0.694. The maximum absolute atomic E-state index is 15.1. The third-order valence-corrected chi connectivity index (χ3v) is 5.10. The third-order valence-electron chi connectivity index (χ3n) is 5.10. The molecule has 0 bridgehead atoms. The highest BCUT2D eigenvalue weighted by Gasteiger charge is 2.23. The lowest BCUT2D eigenvalue weighted by atomic mass is 10.00. The molecule has 26 heavy (non-hydrogen) atoms. The fourth-order valence-electron chi connectivity index (χ4n) is 3.24. The number of nitrogens with zero attached hydrogens (tertiary/aromatic N) is 2. The number of benzene rings is 2. The first kappa shape index (κ1) is 15.7. The van der Waals surface area contributed by atoms with Gasteiger partial charge in [0, 0.05) is 35.1 Å². The van der Waals surface area contributed by atoms with Gasteiger partial charge in [-0.05, 0) is 43.4 Å². The maximum Gasteiger partial charge on any atom is 0.137 e. The molecule has 0 aliphatic heterocycles. The van der Waals surface area contributed by atoms with Crippen LogP contribution < -0.4 is 10.6 Å². The molecule has 1 heterocycles. The average Bonchev–Trinajstić information content (AvgIpc) is 3.56. The van der Waals surface area contributed by atoms with E-state index in [1.54, 1.807) is 6.33 Å². The Labute approximate surface area is 151 Å². The Morgan fingerprint density at radius 1 is 1.00 bits per heavy atom. The lowest BCUT2D eigenvalue weighted by Crippen LogP contribution is -2.16. The average molecular weight is 348 g/mol. The minimum absolute atomic E-state index is 0.145. The number of anilines is 1. The molecule has 3 aromatic rings. The van der Waals surface area contributed by atoms with Crippen LogP contribution in [0.1, 0.15) is 31.2 Å². The van der Waals surface area contributed by atoms with Crippen molar-refractivity contribution in [1.29, 1.82) is 0 Å². The highest BCUT2D eigenvalue weighted by atomic mass is 19.1. The van der Waals surface area contributed by atoms with Crippen LogP contribution in [0.15, 0.2) is 42.7 Å². The molecule has 0 spiro atoms. The quantitative estimate of drug-likeness (QED) is 0.699. The van der Waals surface area contributed by atoms with Gasteiger partial charge in [-0.2, -0.15) is 0 Å². The van der Waals surface area contributed by atoms with Crippen molar-refractivity contribution in [2.45, 2.75) is 44.3 Å². The second-order valence-electron chi connectivity index (χ2n) is 7.31. The largest absolute Gasteiger partial charge is 0.367 e. The van der Waals surface area contributed by atoms with Crippen LogP contribution in [0, 0.1) is 5.82 Å². The van der Waals surface area contributed by atoms with Crippen molar-refractivity contribution in [2.24, 2.45) is 0 Å². The molecular weight excluding hydrogens is 327 g/mol. The van der Waals surface area contributed by atoms with E-state index in [-0.39, 0.29) is 5.82 Å². The first-order chi connectivity index (χ1) is 12.8. The molecule has 1 aromatic heterocycles. The normalized spacial score (nSPS) is 16.8. The Morgan fingerprint density at radius 3 is 2.65 bits per heavy atom. The number of halogens is 1. The fraction of sp³-hybridized carbons (Fsp3) is 0.333. The molecule has 0 saturated heterocycles. The molecule has 0 amide bonds. The van der Waals surface area contributed by atoms with Crippen LogP contribution in [-0.2, 0) is 6.54 Å². The highest BCUT2D eigenvalue weighted by molar-refractivity contribution is 5.92. The van der Waals surface area contributed by atoms with Crippen molar-refractivity contribution in [2.75, 3.05) is 5.32 Å². The molecule has 2 aliphatic rings. The molecule has 132 valence electrons. The van der Waals surface area contributed by atoms with Crippen LogP contribution in [0.2, 0.25) is 0 Å². The number of rotatable bonds is 6. The molecular formula is C21H21FN4. The predicted molar refractivity (Wildman–Crippen MR) is 101 cm³/mol. The van der Waals surface area contributed by atoms with E-state index >= 15 is 4.39 Å². The topological polar surface area (TPSA) is 49.8 Å². The van der Waals surface area contributed by atoms with Gasteiger partial charge >= 0.3 is 0 Å². The zero-order valence-corrected chi connectivity index (χ0v) is 14.5. The van der Waals surface area contributed by atoms with Crippen molar-refractivity contribution in [1.82, 2.24) is 15.3 Å². The van der Waals surface area contributed by atoms with Gasteiger partial charge in [0.1, 0.15) is 18.0 Å². The summed E-state index contributed by atoms with van der Waals surface area (Å²) in [5, 5.41) is 7.78. The Bertz CT molecular complexity index is 963. The Morgan fingerprint density at radius 2 is 1.85 bits per heavy atom. The van der Waals surface area contributed by atoms with E-state index in [9.17, 15) is 0 Å². The molecule has 0 radical (unpaired) electrons. The zero-order chi connectivity index (χ0) is 17.5. The van der Waals surface area contributed by atoms with E-state index in [1.807, 2.05) is 36.4 Å². The summed E-state index contributed by atoms with van der Waals surface area (Å²) in [6.45, 7) is 0.579. The van der Waals surface area contributed by atoms with Crippen LogP contribution in [0.5, 0.6) is 0 Å². The van der Waals surface area contributed by atoms with Gasteiger partial charge in [0.05, 0.1) is 5.52 Å². The SMILES string of the molecule is Fc1c(CNC2CC2)cccc1-c1ccc2ncnc(NC3CC3)c2c1. The summed E-state index contributed by atoms with van der Waals surface area (Å²) >= 11 is 0. The van der Waals surface area contributed by atoms with Gasteiger partial charge in [0.2, 0.25) is 0 Å². The van der Waals surface area contributed by atoms with Crippen LogP contribution in [0.3, 0.4) is 0 Å². The van der Waals surface area contributed by atoms with Gasteiger partial charge in [0.15, 0.2) is 0 Å². The second-order valence-corrected chi connectivity index (χ2v) is 7.31. The van der Waals surface area contributed by atoms with Crippen LogP contribution in [0.4, 0.5) is 10.2 Å². The van der Waals surface area contributed by atoms with E-state index in [4.69, 9.17) is 0 Å². The molecule has 2 fully saturated rings. The first-order valence-corrected chi connectivity index (χ1v) is 9.30. The Balaban J connectivity index is 1.52. The fourth-order valence-corrected chi connectivity index (χ4v) is 3.24. The molecule has 2 N–H and O–H groups in total. The van der Waals surface area contributed by atoms with Crippen molar-refractivity contribution in [3.63, 3.8) is 0 Å². The number of fused-ring (bicyclic) bond motifs is 1. The van der Waals surface area contributed by atoms with Crippen molar-refractivity contribution in [3.05, 3.63) is 54.1 Å². The summed E-state index contributed by atoms with van der Waals surface area (Å²) in [4.78, 5) is 8.74. The molecule has 5 heteroatoms. The lowest BCUT2D eigenvalue weighted by Gasteiger charge is -2.12. The van der Waals surface area contributed by atoms with Gasteiger partial charge in [0.25, 0.3) is 0 Å². The van der Waals surface area contributed by atoms with Crippen molar-refractivity contribution < 1.29 is 4.39 Å². The Kier molecular flexibility index (Phi) is 3.82. The number of aromatic nitrogens is 2. The van der Waals surface area contributed by atoms with E-state index < -0.39 is 0 Å². The van der Waals surface area contributed by atoms with E-state index in [2.05, 4.69) is 20.6 Å². The van der Waals surface area contributed by atoms with Crippen LogP contribution in [0.25, 0.3) is 22.0 Å². The zero-order valence-electron chi connectivity index (χ0n) is 14.5. The molecule has 0 unspecified atom stereocenters. The summed E-state index contributed by atoms with van der Waals surface area (Å²) in [6.07, 6.45) is 6.33. The first-order valence-electron chi connectivity index (χ1n) is 9.30. The van der Waals surface area contributed by atoms with Gasteiger partial charge in [-0.3, -0.25) is 0 Å². The van der Waals surface area contributed by atoms with Crippen molar-refractivity contribution in [3.8, 4) is 11.1 Å². The third kappa shape index (κ3) is 3.15. The Hall–Kier alpha value is -2.53. The summed E-state index contributed by atoms with van der Waals surface area (Å²) in [7, 11) is 0. The predicted octanol–water partition coefficient (Wildman–Crippen LogP) is 4.26. The summed E-state index contributed by atoms with van der Waals surface area (Å²) < 4.78 is 15.1. The molecule has 4 nitrogen and oxygen atoms in total. The second kappa shape index (κ2) is 6.32. The minimum atomic E-state index is -0.145. The monoisotopic (exact) mass is 348 g/mol. The maximum atomic E-state index is 15.1. The molecule has 2 aliphatic carbocycles. The number of nitrogens with one attached hydrogen (secondary N) is 2. The minimum Gasteiger partial charge on any atom is -0.367 e. The van der Waals surface area contributed by atoms with E-state index in [0.29, 0.717) is 24.2 Å². The standard InChI is InChI=1S/C21H21FN4/c22-20-14(11-23-15-5-6-15)2-1-3-17(20)13-4-9-19-18(10-13)21(25-12-24-19)26-16-7-8-16/h1-4,9-10,12,15-16,23H,5-8,11H2,(H,24,25,26). The van der Waals surface area contributed by atoms with E-state index in [0.717, 1.165) is 27.8 Å². The van der Waals surface area contributed by atoms with Gasteiger partial charge < -0.3 is 10.6 Å². The number of hydrogen-bond acceptors (Lipinski definition) is 4.